The van der Waals surface area contributed by atoms with Crippen molar-refractivity contribution in [3.8, 4) is 0 Å². The molecule has 6 heteroatoms. The van der Waals surface area contributed by atoms with Crippen LogP contribution in [0.25, 0.3) is 0 Å². The van der Waals surface area contributed by atoms with Crippen molar-refractivity contribution in [2.24, 2.45) is 0 Å². The third-order valence-electron chi connectivity index (χ3n) is 3.29. The number of pyridine rings is 1. The quantitative estimate of drug-likeness (QED) is 0.935. The number of aromatic nitrogens is 1. The van der Waals surface area contributed by atoms with Gasteiger partial charge in [-0.25, -0.2) is 0 Å². The molecule has 1 N–H and O–H groups in total. The molecule has 0 spiro atoms. The van der Waals surface area contributed by atoms with Crippen LogP contribution < -0.4 is 5.43 Å². The normalized spacial score (nSPS) is 12.2. The molecule has 1 atom stereocenters. The van der Waals surface area contributed by atoms with Crippen molar-refractivity contribution in [3.05, 3.63) is 56.3 Å². The smallest absolute Gasteiger partial charge is 0.259 e. The number of furan rings is 1. The van der Waals surface area contributed by atoms with Gasteiger partial charge in [-0.1, -0.05) is 0 Å². The summed E-state index contributed by atoms with van der Waals surface area (Å²) in [6.45, 7) is 3.60. The van der Waals surface area contributed by atoms with Gasteiger partial charge in [-0.05, 0) is 41.9 Å². The first kappa shape index (κ1) is 14.6. The standard InChI is InChI=1S/C14H15BrN2O3/c1-8-12(15)13(18)10(7-16-8)14(19)17(3)9(2)11-5-4-6-20-11/h4-7,9H,1-3H3,(H,16,18). The van der Waals surface area contributed by atoms with Gasteiger partial charge < -0.3 is 14.3 Å². The van der Waals surface area contributed by atoms with Gasteiger partial charge in [0.25, 0.3) is 5.91 Å². The Hall–Kier alpha value is -1.82. The Kier molecular flexibility index (Phi) is 4.13. The molecule has 106 valence electrons. The van der Waals surface area contributed by atoms with Gasteiger partial charge in [0.1, 0.15) is 11.3 Å². The van der Waals surface area contributed by atoms with Gasteiger partial charge in [0.15, 0.2) is 0 Å². The molecule has 0 aliphatic rings. The average molecular weight is 339 g/mol. The lowest BCUT2D eigenvalue weighted by molar-refractivity contribution is 0.0724. The zero-order valence-corrected chi connectivity index (χ0v) is 13.0. The highest BCUT2D eigenvalue weighted by atomic mass is 79.9. The van der Waals surface area contributed by atoms with E-state index in [0.29, 0.717) is 15.9 Å². The maximum Gasteiger partial charge on any atom is 0.259 e. The minimum atomic E-state index is -0.351. The van der Waals surface area contributed by atoms with Crippen LogP contribution in [0.3, 0.4) is 0 Å². The number of nitrogens with zero attached hydrogens (tertiary/aromatic N) is 1. The van der Waals surface area contributed by atoms with Gasteiger partial charge in [0, 0.05) is 18.9 Å². The highest BCUT2D eigenvalue weighted by Crippen LogP contribution is 2.20. The van der Waals surface area contributed by atoms with E-state index in [1.54, 1.807) is 32.4 Å². The highest BCUT2D eigenvalue weighted by molar-refractivity contribution is 9.10. The van der Waals surface area contributed by atoms with Crippen molar-refractivity contribution < 1.29 is 9.21 Å². The van der Waals surface area contributed by atoms with Gasteiger partial charge in [-0.3, -0.25) is 9.59 Å². The molecule has 0 fully saturated rings. The van der Waals surface area contributed by atoms with Gasteiger partial charge in [0.05, 0.1) is 16.8 Å². The molecule has 1 amide bonds. The Morgan fingerprint density at radius 2 is 2.20 bits per heavy atom. The predicted molar refractivity (Wildman–Crippen MR) is 78.7 cm³/mol. The lowest BCUT2D eigenvalue weighted by atomic mass is 10.1. The molecule has 0 radical (unpaired) electrons. The van der Waals surface area contributed by atoms with Crippen LogP contribution in [0.4, 0.5) is 0 Å². The largest absolute Gasteiger partial charge is 0.467 e. The van der Waals surface area contributed by atoms with Gasteiger partial charge in [-0.2, -0.15) is 0 Å². The van der Waals surface area contributed by atoms with Crippen LogP contribution in [0, 0.1) is 6.92 Å². The fourth-order valence-electron chi connectivity index (χ4n) is 1.84. The van der Waals surface area contributed by atoms with E-state index >= 15 is 0 Å². The Labute approximate surface area is 124 Å². The first-order valence-corrected chi connectivity index (χ1v) is 6.91. The van der Waals surface area contributed by atoms with E-state index in [-0.39, 0.29) is 22.9 Å². The third kappa shape index (κ3) is 2.56. The fraction of sp³-hybridized carbons (Fsp3) is 0.286. The highest BCUT2D eigenvalue weighted by Gasteiger charge is 2.23. The molecule has 0 aliphatic heterocycles. The lowest BCUT2D eigenvalue weighted by Gasteiger charge is -2.23. The second-order valence-electron chi connectivity index (χ2n) is 4.58. The van der Waals surface area contributed by atoms with E-state index in [9.17, 15) is 9.59 Å². The maximum absolute atomic E-state index is 12.4. The molecular weight excluding hydrogens is 324 g/mol. The summed E-state index contributed by atoms with van der Waals surface area (Å²) in [6, 6.07) is 3.31. The molecule has 0 aliphatic carbocycles. The number of amides is 1. The van der Waals surface area contributed by atoms with Crippen molar-refractivity contribution in [1.29, 1.82) is 0 Å². The second-order valence-corrected chi connectivity index (χ2v) is 5.37. The van der Waals surface area contributed by atoms with E-state index in [2.05, 4.69) is 20.9 Å². The number of carbonyl (C=O) groups excluding carboxylic acids is 1. The molecule has 2 rings (SSSR count). The summed E-state index contributed by atoms with van der Waals surface area (Å²) >= 11 is 3.19. The molecule has 0 saturated carbocycles. The summed E-state index contributed by atoms with van der Waals surface area (Å²) in [7, 11) is 1.64. The molecule has 0 bridgehead atoms. The first-order valence-electron chi connectivity index (χ1n) is 6.11. The fourth-order valence-corrected chi connectivity index (χ4v) is 2.17. The summed E-state index contributed by atoms with van der Waals surface area (Å²) in [5.41, 5.74) is 0.474. The summed E-state index contributed by atoms with van der Waals surface area (Å²) in [4.78, 5) is 28.9. The Morgan fingerprint density at radius 1 is 1.50 bits per heavy atom. The number of carbonyl (C=O) groups is 1. The zero-order chi connectivity index (χ0) is 14.9. The number of hydrogen-bond acceptors (Lipinski definition) is 3. The molecule has 2 aromatic heterocycles. The van der Waals surface area contributed by atoms with E-state index in [4.69, 9.17) is 4.42 Å². The number of aromatic amines is 1. The average Bonchev–Trinajstić information content (AvgIpc) is 2.97. The summed E-state index contributed by atoms with van der Waals surface area (Å²) < 4.78 is 5.66. The molecule has 2 aromatic rings. The zero-order valence-electron chi connectivity index (χ0n) is 11.4. The number of H-pyrrole nitrogens is 1. The Bertz CT molecular complexity index is 676. The Morgan fingerprint density at radius 3 is 2.80 bits per heavy atom. The van der Waals surface area contributed by atoms with Crippen molar-refractivity contribution in [3.63, 3.8) is 0 Å². The van der Waals surface area contributed by atoms with Crippen LogP contribution >= 0.6 is 15.9 Å². The van der Waals surface area contributed by atoms with E-state index in [1.165, 1.54) is 11.1 Å². The lowest BCUT2D eigenvalue weighted by Crippen LogP contribution is -2.33. The van der Waals surface area contributed by atoms with Crippen molar-refractivity contribution in [2.75, 3.05) is 7.05 Å². The number of hydrogen-bond donors (Lipinski definition) is 1. The third-order valence-corrected chi connectivity index (χ3v) is 4.25. The van der Waals surface area contributed by atoms with Crippen LogP contribution in [-0.4, -0.2) is 22.8 Å². The number of nitrogens with one attached hydrogen (secondary N) is 1. The minimum absolute atomic E-state index is 0.100. The molecular formula is C14H15BrN2O3. The number of aryl methyl sites for hydroxylation is 1. The second kappa shape index (κ2) is 5.66. The summed E-state index contributed by atoms with van der Waals surface area (Å²) in [5, 5.41) is 0. The minimum Gasteiger partial charge on any atom is -0.467 e. The van der Waals surface area contributed by atoms with Gasteiger partial charge in [-0.15, -0.1) is 0 Å². The molecule has 2 heterocycles. The van der Waals surface area contributed by atoms with Gasteiger partial charge >= 0.3 is 0 Å². The van der Waals surface area contributed by atoms with Crippen LogP contribution in [0.15, 0.2) is 38.3 Å². The van der Waals surface area contributed by atoms with E-state index in [0.717, 1.165) is 0 Å². The molecule has 5 nitrogen and oxygen atoms in total. The Balaban J connectivity index is 2.32. The summed E-state index contributed by atoms with van der Waals surface area (Å²) in [5.74, 6) is 0.319. The number of halogens is 1. The van der Waals surface area contributed by atoms with E-state index < -0.39 is 0 Å². The monoisotopic (exact) mass is 338 g/mol. The molecule has 20 heavy (non-hydrogen) atoms. The van der Waals surface area contributed by atoms with Gasteiger partial charge in [0.2, 0.25) is 5.43 Å². The van der Waals surface area contributed by atoms with Crippen LogP contribution in [0.1, 0.15) is 34.8 Å². The van der Waals surface area contributed by atoms with Crippen molar-refractivity contribution >= 4 is 21.8 Å². The topological polar surface area (TPSA) is 66.3 Å². The van der Waals surface area contributed by atoms with Crippen LogP contribution in [0.5, 0.6) is 0 Å². The molecule has 0 saturated heterocycles. The summed E-state index contributed by atoms with van der Waals surface area (Å²) in [6.07, 6.45) is 3.00. The molecule has 1 unspecified atom stereocenters. The van der Waals surface area contributed by atoms with Crippen LogP contribution in [-0.2, 0) is 0 Å². The predicted octanol–water partition coefficient (Wildman–Crippen LogP) is 2.87. The van der Waals surface area contributed by atoms with Crippen molar-refractivity contribution in [2.45, 2.75) is 19.9 Å². The first-order chi connectivity index (χ1) is 9.43. The SMILES string of the molecule is Cc1[nH]cc(C(=O)N(C)C(C)c2ccco2)c(=O)c1Br. The van der Waals surface area contributed by atoms with Crippen molar-refractivity contribution in [1.82, 2.24) is 9.88 Å². The van der Waals surface area contributed by atoms with Crippen LogP contribution in [0.2, 0.25) is 0 Å². The van der Waals surface area contributed by atoms with E-state index in [1.807, 2.05) is 6.92 Å². The maximum atomic E-state index is 12.4. The number of rotatable bonds is 3. The molecule has 0 aromatic carbocycles.